The molecule has 0 aliphatic rings. The van der Waals surface area contributed by atoms with Crippen LogP contribution in [0.5, 0.6) is 0 Å². The monoisotopic (exact) mass is 230 g/mol. The third kappa shape index (κ3) is 10.4. The van der Waals surface area contributed by atoms with Crippen LogP contribution in [0.3, 0.4) is 0 Å². The molecule has 0 radical (unpaired) electrons. The van der Waals surface area contributed by atoms with Gasteiger partial charge in [-0.3, -0.25) is 0 Å². The standard InChI is InChI=1S/C9H22N2.2ClH/c1-4-9(3)8-11(5-2)7-6-10;;/h9H,4-8,10H2,1-3H3;2*1H. The fraction of sp³-hybridized carbons (Fsp3) is 1.00. The van der Waals surface area contributed by atoms with E-state index >= 15 is 0 Å². The summed E-state index contributed by atoms with van der Waals surface area (Å²) in [5, 5.41) is 0. The highest BCUT2D eigenvalue weighted by molar-refractivity contribution is 5.85. The normalized spacial score (nSPS) is 11.8. The maximum absolute atomic E-state index is 5.48. The van der Waals surface area contributed by atoms with Gasteiger partial charge in [-0.1, -0.05) is 27.2 Å². The minimum absolute atomic E-state index is 0. The predicted octanol–water partition coefficient (Wildman–Crippen LogP) is 2.16. The Morgan fingerprint density at radius 1 is 1.23 bits per heavy atom. The van der Waals surface area contributed by atoms with Crippen molar-refractivity contribution in [1.29, 1.82) is 0 Å². The second-order valence-corrected chi connectivity index (χ2v) is 3.20. The fourth-order valence-corrected chi connectivity index (χ4v) is 1.13. The van der Waals surface area contributed by atoms with Crippen molar-refractivity contribution in [2.75, 3.05) is 26.2 Å². The lowest BCUT2D eigenvalue weighted by molar-refractivity contribution is 0.252. The van der Waals surface area contributed by atoms with Crippen molar-refractivity contribution in [3.63, 3.8) is 0 Å². The van der Waals surface area contributed by atoms with Crippen molar-refractivity contribution in [1.82, 2.24) is 4.90 Å². The first-order valence-electron chi connectivity index (χ1n) is 4.66. The van der Waals surface area contributed by atoms with Gasteiger partial charge in [-0.15, -0.1) is 24.8 Å². The molecule has 0 spiro atoms. The molecule has 2 N–H and O–H groups in total. The van der Waals surface area contributed by atoms with E-state index in [4.69, 9.17) is 5.73 Å². The predicted molar refractivity (Wildman–Crippen MR) is 65.1 cm³/mol. The van der Waals surface area contributed by atoms with Crippen molar-refractivity contribution in [3.8, 4) is 0 Å². The van der Waals surface area contributed by atoms with Gasteiger partial charge in [-0.25, -0.2) is 0 Å². The van der Waals surface area contributed by atoms with Crippen LogP contribution in [0.25, 0.3) is 0 Å². The number of likely N-dealkylation sites (N-methyl/N-ethyl adjacent to an activating group) is 1. The average Bonchev–Trinajstić information content (AvgIpc) is 2.03. The zero-order valence-electron chi connectivity index (χ0n) is 8.95. The van der Waals surface area contributed by atoms with E-state index in [1.54, 1.807) is 0 Å². The molecular formula is C9H24Cl2N2. The molecule has 0 amide bonds. The van der Waals surface area contributed by atoms with Crippen molar-refractivity contribution in [2.45, 2.75) is 27.2 Å². The molecule has 0 aromatic heterocycles. The molecule has 1 unspecified atom stereocenters. The molecule has 4 heteroatoms. The second kappa shape index (κ2) is 12.5. The van der Waals surface area contributed by atoms with Gasteiger partial charge >= 0.3 is 0 Å². The highest BCUT2D eigenvalue weighted by atomic mass is 35.5. The van der Waals surface area contributed by atoms with Crippen LogP contribution >= 0.6 is 24.8 Å². The number of halogens is 2. The summed E-state index contributed by atoms with van der Waals surface area (Å²) in [6.07, 6.45) is 1.26. The summed E-state index contributed by atoms with van der Waals surface area (Å²) in [6.45, 7) is 10.9. The van der Waals surface area contributed by atoms with Crippen molar-refractivity contribution in [2.24, 2.45) is 11.7 Å². The first kappa shape index (κ1) is 19.1. The van der Waals surface area contributed by atoms with E-state index in [9.17, 15) is 0 Å². The van der Waals surface area contributed by atoms with E-state index in [2.05, 4.69) is 25.7 Å². The largest absolute Gasteiger partial charge is 0.329 e. The quantitative estimate of drug-likeness (QED) is 0.759. The third-order valence-corrected chi connectivity index (χ3v) is 2.16. The smallest absolute Gasteiger partial charge is 0.0105 e. The van der Waals surface area contributed by atoms with Gasteiger partial charge in [0.2, 0.25) is 0 Å². The summed E-state index contributed by atoms with van der Waals surface area (Å²) in [5.41, 5.74) is 5.48. The van der Waals surface area contributed by atoms with Gasteiger partial charge in [-0.2, -0.15) is 0 Å². The highest BCUT2D eigenvalue weighted by Gasteiger charge is 2.04. The number of hydrogen-bond donors (Lipinski definition) is 1. The summed E-state index contributed by atoms with van der Waals surface area (Å²) < 4.78 is 0. The van der Waals surface area contributed by atoms with Crippen molar-refractivity contribution >= 4 is 24.8 Å². The molecule has 84 valence electrons. The minimum atomic E-state index is 0. The molecule has 0 saturated carbocycles. The van der Waals surface area contributed by atoms with Gasteiger partial charge < -0.3 is 10.6 Å². The number of rotatable bonds is 6. The summed E-state index contributed by atoms with van der Waals surface area (Å²) in [4.78, 5) is 2.41. The maximum atomic E-state index is 5.48. The van der Waals surface area contributed by atoms with E-state index < -0.39 is 0 Å². The Bertz CT molecular complexity index is 91.7. The van der Waals surface area contributed by atoms with Gasteiger partial charge in [0.25, 0.3) is 0 Å². The SMILES string of the molecule is CCC(C)CN(CC)CCN.Cl.Cl. The summed E-state index contributed by atoms with van der Waals surface area (Å²) >= 11 is 0. The molecule has 1 atom stereocenters. The lowest BCUT2D eigenvalue weighted by Crippen LogP contribution is -2.32. The minimum Gasteiger partial charge on any atom is -0.329 e. The van der Waals surface area contributed by atoms with Crippen molar-refractivity contribution in [3.05, 3.63) is 0 Å². The fourth-order valence-electron chi connectivity index (χ4n) is 1.13. The van der Waals surface area contributed by atoms with Crippen LogP contribution in [0.2, 0.25) is 0 Å². The van der Waals surface area contributed by atoms with E-state index in [0.29, 0.717) is 0 Å². The second-order valence-electron chi connectivity index (χ2n) is 3.20. The number of nitrogens with zero attached hydrogens (tertiary/aromatic N) is 1. The zero-order chi connectivity index (χ0) is 8.69. The Kier molecular flexibility index (Phi) is 18.4. The summed E-state index contributed by atoms with van der Waals surface area (Å²) in [5.74, 6) is 0.807. The summed E-state index contributed by atoms with van der Waals surface area (Å²) in [6, 6.07) is 0. The third-order valence-electron chi connectivity index (χ3n) is 2.16. The molecule has 0 rings (SSSR count). The maximum Gasteiger partial charge on any atom is 0.0105 e. The molecule has 0 aliphatic carbocycles. The van der Waals surface area contributed by atoms with Crippen LogP contribution in [0.15, 0.2) is 0 Å². The Morgan fingerprint density at radius 2 is 1.77 bits per heavy atom. The molecule has 0 aromatic rings. The van der Waals surface area contributed by atoms with E-state index in [-0.39, 0.29) is 24.8 Å². The Balaban J connectivity index is -0.000000500. The zero-order valence-corrected chi connectivity index (χ0v) is 10.6. The van der Waals surface area contributed by atoms with Crippen LogP contribution in [-0.4, -0.2) is 31.1 Å². The lowest BCUT2D eigenvalue weighted by atomic mass is 10.1. The molecular weight excluding hydrogens is 207 g/mol. The van der Waals surface area contributed by atoms with Gasteiger partial charge in [0.05, 0.1) is 0 Å². The first-order valence-corrected chi connectivity index (χ1v) is 4.66. The highest BCUT2D eigenvalue weighted by Crippen LogP contribution is 2.02. The molecule has 0 aliphatic heterocycles. The Labute approximate surface area is 95.1 Å². The number of hydrogen-bond acceptors (Lipinski definition) is 2. The molecule has 0 bridgehead atoms. The van der Waals surface area contributed by atoms with Gasteiger partial charge in [0, 0.05) is 19.6 Å². The van der Waals surface area contributed by atoms with Gasteiger partial charge in [-0.05, 0) is 12.5 Å². The van der Waals surface area contributed by atoms with Crippen LogP contribution in [0.4, 0.5) is 0 Å². The van der Waals surface area contributed by atoms with Gasteiger partial charge in [0.1, 0.15) is 0 Å². The Hall–Kier alpha value is 0.500. The van der Waals surface area contributed by atoms with E-state index in [0.717, 1.165) is 25.6 Å². The van der Waals surface area contributed by atoms with Crippen molar-refractivity contribution < 1.29 is 0 Å². The topological polar surface area (TPSA) is 29.3 Å². The Morgan fingerprint density at radius 3 is 2.08 bits per heavy atom. The average molecular weight is 231 g/mol. The number of nitrogens with two attached hydrogens (primary N) is 1. The van der Waals surface area contributed by atoms with E-state index in [1.807, 2.05) is 0 Å². The van der Waals surface area contributed by atoms with Crippen LogP contribution in [0.1, 0.15) is 27.2 Å². The van der Waals surface area contributed by atoms with Crippen LogP contribution in [0, 0.1) is 5.92 Å². The molecule has 0 heterocycles. The molecule has 0 fully saturated rings. The molecule has 2 nitrogen and oxygen atoms in total. The molecule has 0 saturated heterocycles. The summed E-state index contributed by atoms with van der Waals surface area (Å²) in [7, 11) is 0. The van der Waals surface area contributed by atoms with Crippen LogP contribution in [-0.2, 0) is 0 Å². The molecule has 13 heavy (non-hydrogen) atoms. The van der Waals surface area contributed by atoms with Gasteiger partial charge in [0.15, 0.2) is 0 Å². The first-order chi connectivity index (χ1) is 5.24. The molecule has 0 aromatic carbocycles. The van der Waals surface area contributed by atoms with Crippen LogP contribution < -0.4 is 5.73 Å². The van der Waals surface area contributed by atoms with E-state index in [1.165, 1.54) is 13.0 Å². The lowest BCUT2D eigenvalue weighted by Gasteiger charge is -2.22.